The molecular formula is C7H17N3O. The number of likely N-dealkylation sites (N-methyl/N-ethyl adjacent to an activating group) is 2. The van der Waals surface area contributed by atoms with Crippen LogP contribution in [0.4, 0.5) is 0 Å². The maximum Gasteiger partial charge on any atom is 0.240 e. The first-order valence-corrected chi connectivity index (χ1v) is 3.58. The summed E-state index contributed by atoms with van der Waals surface area (Å²) in [5, 5.41) is 0. The first-order chi connectivity index (χ1) is 5.00. The van der Waals surface area contributed by atoms with Gasteiger partial charge in [0.25, 0.3) is 0 Å². The molecular weight excluding hydrogens is 142 g/mol. The molecule has 66 valence electrons. The lowest BCUT2D eigenvalue weighted by molar-refractivity contribution is -0.133. The minimum atomic E-state index is -0.190. The second kappa shape index (κ2) is 4.31. The van der Waals surface area contributed by atoms with Crippen molar-refractivity contribution in [3.05, 3.63) is 0 Å². The Morgan fingerprint density at radius 3 is 1.91 bits per heavy atom. The Kier molecular flexibility index (Phi) is 4.07. The van der Waals surface area contributed by atoms with Gasteiger partial charge in [0.05, 0.1) is 0 Å². The Labute approximate surface area is 67.9 Å². The molecule has 0 aromatic rings. The van der Waals surface area contributed by atoms with Crippen LogP contribution in [0.25, 0.3) is 0 Å². The topological polar surface area (TPSA) is 49.6 Å². The molecule has 0 saturated carbocycles. The van der Waals surface area contributed by atoms with Gasteiger partial charge in [-0.1, -0.05) is 0 Å². The van der Waals surface area contributed by atoms with Gasteiger partial charge in [-0.15, -0.1) is 0 Å². The van der Waals surface area contributed by atoms with Crippen LogP contribution in [0.15, 0.2) is 0 Å². The fourth-order valence-electron chi connectivity index (χ4n) is 0.831. The number of nitrogens with zero attached hydrogens (tertiary/aromatic N) is 2. The molecule has 0 aromatic heterocycles. The van der Waals surface area contributed by atoms with Crippen LogP contribution in [-0.2, 0) is 4.79 Å². The predicted molar refractivity (Wildman–Crippen MR) is 45.2 cm³/mol. The third-order valence-electron chi connectivity index (χ3n) is 1.57. The molecule has 1 atom stereocenters. The van der Waals surface area contributed by atoms with Gasteiger partial charge < -0.3 is 10.6 Å². The minimum Gasteiger partial charge on any atom is -0.347 e. The van der Waals surface area contributed by atoms with Crippen molar-refractivity contribution in [3.63, 3.8) is 0 Å². The van der Waals surface area contributed by atoms with Crippen molar-refractivity contribution in [2.45, 2.75) is 6.04 Å². The van der Waals surface area contributed by atoms with Gasteiger partial charge in [-0.2, -0.15) is 0 Å². The molecule has 0 aliphatic heterocycles. The van der Waals surface area contributed by atoms with E-state index < -0.39 is 0 Å². The molecule has 0 spiro atoms. The first kappa shape index (κ1) is 10.4. The average molecular weight is 159 g/mol. The van der Waals surface area contributed by atoms with E-state index in [9.17, 15) is 4.79 Å². The van der Waals surface area contributed by atoms with Gasteiger partial charge in [0, 0.05) is 20.6 Å². The lowest BCUT2D eigenvalue weighted by atomic mass is 10.2. The van der Waals surface area contributed by atoms with Crippen molar-refractivity contribution in [3.8, 4) is 0 Å². The lowest BCUT2D eigenvalue weighted by Crippen LogP contribution is -2.47. The highest BCUT2D eigenvalue weighted by molar-refractivity contribution is 5.81. The standard InChI is InChI=1S/C7H17N3O/c1-9(2)6(5-8)7(11)10(3)4/h6H,5,8H2,1-4H3. The second-order valence-electron chi connectivity index (χ2n) is 2.95. The number of hydrogen-bond acceptors (Lipinski definition) is 3. The van der Waals surface area contributed by atoms with E-state index in [1.165, 1.54) is 0 Å². The van der Waals surface area contributed by atoms with Crippen molar-refractivity contribution in [1.82, 2.24) is 9.80 Å². The summed E-state index contributed by atoms with van der Waals surface area (Å²) in [5.74, 6) is 0.0532. The molecule has 0 saturated heterocycles. The number of hydrogen-bond donors (Lipinski definition) is 1. The van der Waals surface area contributed by atoms with Crippen LogP contribution < -0.4 is 5.73 Å². The largest absolute Gasteiger partial charge is 0.347 e. The third-order valence-corrected chi connectivity index (χ3v) is 1.57. The van der Waals surface area contributed by atoms with Crippen LogP contribution in [0.1, 0.15) is 0 Å². The predicted octanol–water partition coefficient (Wildman–Crippen LogP) is -1.04. The van der Waals surface area contributed by atoms with Gasteiger partial charge in [0.15, 0.2) is 0 Å². The Bertz CT molecular complexity index is 134. The van der Waals surface area contributed by atoms with Gasteiger partial charge in [0.1, 0.15) is 6.04 Å². The van der Waals surface area contributed by atoms with Gasteiger partial charge in [-0.3, -0.25) is 9.69 Å². The molecule has 0 aromatic carbocycles. The van der Waals surface area contributed by atoms with Crippen LogP contribution in [-0.4, -0.2) is 56.5 Å². The normalized spacial score (nSPS) is 13.3. The van der Waals surface area contributed by atoms with E-state index in [2.05, 4.69) is 0 Å². The first-order valence-electron chi connectivity index (χ1n) is 3.58. The van der Waals surface area contributed by atoms with Gasteiger partial charge >= 0.3 is 0 Å². The summed E-state index contributed by atoms with van der Waals surface area (Å²) in [4.78, 5) is 14.7. The Morgan fingerprint density at radius 1 is 1.36 bits per heavy atom. The van der Waals surface area contributed by atoms with Crippen LogP contribution in [0, 0.1) is 0 Å². The van der Waals surface area contributed by atoms with Crippen molar-refractivity contribution in [2.75, 3.05) is 34.7 Å². The van der Waals surface area contributed by atoms with E-state index in [-0.39, 0.29) is 11.9 Å². The SMILES string of the molecule is CN(C)C(=O)C(CN)N(C)C. The van der Waals surface area contributed by atoms with Gasteiger partial charge in [0.2, 0.25) is 5.91 Å². The highest BCUT2D eigenvalue weighted by atomic mass is 16.2. The Balaban J connectivity index is 4.15. The summed E-state index contributed by atoms with van der Waals surface area (Å²) in [6.45, 7) is 0.365. The molecule has 0 heterocycles. The lowest BCUT2D eigenvalue weighted by Gasteiger charge is -2.24. The van der Waals surface area contributed by atoms with Crippen molar-refractivity contribution < 1.29 is 4.79 Å². The molecule has 1 amide bonds. The molecule has 0 radical (unpaired) electrons. The minimum absolute atomic E-state index is 0.0532. The van der Waals surface area contributed by atoms with Crippen molar-refractivity contribution >= 4 is 5.91 Å². The summed E-state index contributed by atoms with van der Waals surface area (Å²) in [7, 11) is 7.15. The van der Waals surface area contributed by atoms with Gasteiger partial charge in [-0.25, -0.2) is 0 Å². The maximum absolute atomic E-state index is 11.3. The van der Waals surface area contributed by atoms with Crippen LogP contribution in [0.2, 0.25) is 0 Å². The van der Waals surface area contributed by atoms with Crippen molar-refractivity contribution in [1.29, 1.82) is 0 Å². The zero-order valence-corrected chi connectivity index (χ0v) is 7.66. The number of carbonyl (C=O) groups excluding carboxylic acids is 1. The van der Waals surface area contributed by atoms with Crippen LogP contribution in [0.3, 0.4) is 0 Å². The fourth-order valence-corrected chi connectivity index (χ4v) is 0.831. The number of nitrogens with two attached hydrogens (primary N) is 1. The molecule has 0 aliphatic carbocycles. The molecule has 4 nitrogen and oxygen atoms in total. The number of rotatable bonds is 3. The summed E-state index contributed by atoms with van der Waals surface area (Å²) >= 11 is 0. The molecule has 0 bridgehead atoms. The average Bonchev–Trinajstić information content (AvgIpc) is 1.88. The summed E-state index contributed by atoms with van der Waals surface area (Å²) in [6, 6.07) is -0.190. The monoisotopic (exact) mass is 159 g/mol. The van der Waals surface area contributed by atoms with E-state index in [0.29, 0.717) is 6.54 Å². The second-order valence-corrected chi connectivity index (χ2v) is 2.95. The number of carbonyl (C=O) groups is 1. The fraction of sp³-hybridized carbons (Fsp3) is 0.857. The highest BCUT2D eigenvalue weighted by Crippen LogP contribution is 1.94. The molecule has 4 heteroatoms. The summed E-state index contributed by atoms with van der Waals surface area (Å²) in [6.07, 6.45) is 0. The molecule has 0 aliphatic rings. The molecule has 0 rings (SSSR count). The maximum atomic E-state index is 11.3. The zero-order chi connectivity index (χ0) is 9.02. The van der Waals surface area contributed by atoms with E-state index in [0.717, 1.165) is 0 Å². The smallest absolute Gasteiger partial charge is 0.240 e. The quantitative estimate of drug-likeness (QED) is 0.572. The molecule has 11 heavy (non-hydrogen) atoms. The molecule has 1 unspecified atom stereocenters. The van der Waals surface area contributed by atoms with E-state index in [1.54, 1.807) is 19.0 Å². The third kappa shape index (κ3) is 2.86. The Hall–Kier alpha value is -0.610. The highest BCUT2D eigenvalue weighted by Gasteiger charge is 2.19. The van der Waals surface area contributed by atoms with E-state index in [1.807, 2.05) is 19.0 Å². The number of amides is 1. The van der Waals surface area contributed by atoms with Gasteiger partial charge in [-0.05, 0) is 14.1 Å². The Morgan fingerprint density at radius 2 is 1.82 bits per heavy atom. The van der Waals surface area contributed by atoms with Crippen molar-refractivity contribution in [2.24, 2.45) is 5.73 Å². The molecule has 0 fully saturated rings. The summed E-state index contributed by atoms with van der Waals surface area (Å²) in [5.41, 5.74) is 5.42. The van der Waals surface area contributed by atoms with Crippen LogP contribution in [0.5, 0.6) is 0 Å². The molecule has 2 N–H and O–H groups in total. The zero-order valence-electron chi connectivity index (χ0n) is 7.66. The summed E-state index contributed by atoms with van der Waals surface area (Å²) < 4.78 is 0. The van der Waals surface area contributed by atoms with Crippen LogP contribution >= 0.6 is 0 Å². The van der Waals surface area contributed by atoms with E-state index >= 15 is 0 Å². The van der Waals surface area contributed by atoms with E-state index in [4.69, 9.17) is 5.73 Å².